The van der Waals surface area contributed by atoms with Crippen LogP contribution in [-0.2, 0) is 0 Å². The SMILES string of the molecule is Nc1c(C(=O)N(CCO)C2CC2)sc2ccc(Cl)cc12. The van der Waals surface area contributed by atoms with Crippen LogP contribution in [0.15, 0.2) is 18.2 Å². The van der Waals surface area contributed by atoms with Gasteiger partial charge in [0.2, 0.25) is 0 Å². The highest BCUT2D eigenvalue weighted by Gasteiger charge is 2.34. The van der Waals surface area contributed by atoms with Gasteiger partial charge >= 0.3 is 0 Å². The number of halogens is 1. The number of aliphatic hydroxyl groups excluding tert-OH is 1. The first-order valence-corrected chi connectivity index (χ1v) is 7.70. The van der Waals surface area contributed by atoms with E-state index in [1.165, 1.54) is 11.3 Å². The molecule has 0 atom stereocenters. The van der Waals surface area contributed by atoms with E-state index < -0.39 is 0 Å². The van der Waals surface area contributed by atoms with E-state index in [1.807, 2.05) is 6.07 Å². The summed E-state index contributed by atoms with van der Waals surface area (Å²) in [5.41, 5.74) is 6.59. The van der Waals surface area contributed by atoms with Gasteiger partial charge in [-0.2, -0.15) is 0 Å². The molecular weight excluding hydrogens is 296 g/mol. The van der Waals surface area contributed by atoms with E-state index in [1.54, 1.807) is 17.0 Å². The predicted octanol–water partition coefficient (Wildman–Crippen LogP) is 2.73. The molecule has 1 amide bonds. The van der Waals surface area contributed by atoms with Crippen molar-refractivity contribution in [3.63, 3.8) is 0 Å². The molecular formula is C14H15ClN2O2S. The third-order valence-electron chi connectivity index (χ3n) is 3.47. The van der Waals surface area contributed by atoms with Gasteiger partial charge in [-0.05, 0) is 31.0 Å². The second-order valence-electron chi connectivity index (χ2n) is 4.94. The number of nitrogen functional groups attached to an aromatic ring is 1. The highest BCUT2D eigenvalue weighted by Crippen LogP contribution is 2.37. The second kappa shape index (κ2) is 5.24. The number of carbonyl (C=O) groups excluding carboxylic acids is 1. The molecule has 20 heavy (non-hydrogen) atoms. The summed E-state index contributed by atoms with van der Waals surface area (Å²) in [6, 6.07) is 5.71. The molecule has 0 unspecified atom stereocenters. The Hall–Kier alpha value is -1.30. The lowest BCUT2D eigenvalue weighted by Crippen LogP contribution is -2.35. The maximum Gasteiger partial charge on any atom is 0.266 e. The van der Waals surface area contributed by atoms with Gasteiger partial charge in [-0.15, -0.1) is 11.3 Å². The minimum Gasteiger partial charge on any atom is -0.397 e. The summed E-state index contributed by atoms with van der Waals surface area (Å²) in [7, 11) is 0. The van der Waals surface area contributed by atoms with Crippen molar-refractivity contribution >= 4 is 44.6 Å². The standard InChI is InChI=1S/C14H15ClN2O2S/c15-8-1-4-11-10(7-8)12(16)13(20-11)14(19)17(5-6-18)9-2-3-9/h1,4,7,9,18H,2-3,5-6,16H2. The van der Waals surface area contributed by atoms with Crippen molar-refractivity contribution in [2.45, 2.75) is 18.9 Å². The maximum atomic E-state index is 12.6. The smallest absolute Gasteiger partial charge is 0.266 e. The molecule has 4 nitrogen and oxygen atoms in total. The van der Waals surface area contributed by atoms with Crippen molar-refractivity contribution in [3.8, 4) is 0 Å². The Kier molecular flexibility index (Phi) is 3.58. The number of rotatable bonds is 4. The zero-order chi connectivity index (χ0) is 14.3. The van der Waals surface area contributed by atoms with Gasteiger partial charge in [-0.3, -0.25) is 4.79 Å². The fourth-order valence-electron chi connectivity index (χ4n) is 2.32. The van der Waals surface area contributed by atoms with Gasteiger partial charge in [0.25, 0.3) is 5.91 Å². The van der Waals surface area contributed by atoms with Crippen LogP contribution < -0.4 is 5.73 Å². The lowest BCUT2D eigenvalue weighted by Gasteiger charge is -2.20. The molecule has 0 saturated heterocycles. The Morgan fingerprint density at radius 3 is 2.90 bits per heavy atom. The van der Waals surface area contributed by atoms with E-state index in [4.69, 9.17) is 22.4 Å². The molecule has 3 N–H and O–H groups in total. The van der Waals surface area contributed by atoms with Crippen LogP contribution >= 0.6 is 22.9 Å². The lowest BCUT2D eigenvalue weighted by molar-refractivity contribution is 0.0713. The van der Waals surface area contributed by atoms with E-state index in [0.29, 0.717) is 22.1 Å². The molecule has 3 rings (SSSR count). The van der Waals surface area contributed by atoms with E-state index in [-0.39, 0.29) is 18.6 Å². The Balaban J connectivity index is 2.00. The van der Waals surface area contributed by atoms with Crippen molar-refractivity contribution < 1.29 is 9.90 Å². The molecule has 1 aromatic carbocycles. The number of nitrogens with two attached hydrogens (primary N) is 1. The molecule has 1 aliphatic carbocycles. The number of amides is 1. The summed E-state index contributed by atoms with van der Waals surface area (Å²) in [4.78, 5) is 14.9. The lowest BCUT2D eigenvalue weighted by atomic mass is 10.2. The number of nitrogens with zero attached hydrogens (tertiary/aromatic N) is 1. The summed E-state index contributed by atoms with van der Waals surface area (Å²) in [6.45, 7) is 0.330. The first kappa shape index (κ1) is 13.7. The molecule has 6 heteroatoms. The van der Waals surface area contributed by atoms with Gasteiger partial charge in [0.15, 0.2) is 0 Å². The average Bonchev–Trinajstić information content (AvgIpc) is 3.22. The summed E-state index contributed by atoms with van der Waals surface area (Å²) in [6.07, 6.45) is 2.00. The van der Waals surface area contributed by atoms with Crippen LogP contribution in [0.5, 0.6) is 0 Å². The Labute approximate surface area is 125 Å². The molecule has 106 valence electrons. The number of fused-ring (bicyclic) bond motifs is 1. The monoisotopic (exact) mass is 310 g/mol. The van der Waals surface area contributed by atoms with E-state index >= 15 is 0 Å². The summed E-state index contributed by atoms with van der Waals surface area (Å²) >= 11 is 7.36. The molecule has 2 aromatic rings. The van der Waals surface area contributed by atoms with E-state index in [0.717, 1.165) is 22.9 Å². The molecule has 1 heterocycles. The zero-order valence-corrected chi connectivity index (χ0v) is 12.4. The first-order valence-electron chi connectivity index (χ1n) is 6.51. The molecule has 1 saturated carbocycles. The summed E-state index contributed by atoms with van der Waals surface area (Å²) < 4.78 is 0.954. The Morgan fingerprint density at radius 2 is 2.25 bits per heavy atom. The number of hydrogen-bond acceptors (Lipinski definition) is 4. The van der Waals surface area contributed by atoms with Gasteiger partial charge in [0.1, 0.15) is 4.88 Å². The van der Waals surface area contributed by atoms with Crippen molar-refractivity contribution in [1.82, 2.24) is 4.90 Å². The molecule has 1 fully saturated rings. The number of benzene rings is 1. The normalized spacial score (nSPS) is 14.7. The molecule has 0 aliphatic heterocycles. The Morgan fingerprint density at radius 1 is 1.50 bits per heavy atom. The van der Waals surface area contributed by atoms with Crippen LogP contribution in [0.25, 0.3) is 10.1 Å². The van der Waals surface area contributed by atoms with Crippen LogP contribution in [0.4, 0.5) is 5.69 Å². The fourth-order valence-corrected chi connectivity index (χ4v) is 3.55. The quantitative estimate of drug-likeness (QED) is 0.912. The van der Waals surface area contributed by atoms with Gasteiger partial charge in [-0.1, -0.05) is 11.6 Å². The predicted molar refractivity (Wildman–Crippen MR) is 82.4 cm³/mol. The average molecular weight is 311 g/mol. The van der Waals surface area contributed by atoms with Crippen molar-refractivity contribution in [1.29, 1.82) is 0 Å². The minimum atomic E-state index is -0.0867. The highest BCUT2D eigenvalue weighted by molar-refractivity contribution is 7.21. The number of carbonyl (C=O) groups is 1. The maximum absolute atomic E-state index is 12.6. The third-order valence-corrected chi connectivity index (χ3v) is 4.88. The van der Waals surface area contributed by atoms with Crippen molar-refractivity contribution in [2.24, 2.45) is 0 Å². The second-order valence-corrected chi connectivity index (χ2v) is 6.43. The zero-order valence-electron chi connectivity index (χ0n) is 10.8. The van der Waals surface area contributed by atoms with Crippen LogP contribution in [0.3, 0.4) is 0 Å². The van der Waals surface area contributed by atoms with Crippen LogP contribution in [-0.4, -0.2) is 35.1 Å². The molecule has 0 radical (unpaired) electrons. The molecule has 0 spiro atoms. The summed E-state index contributed by atoms with van der Waals surface area (Å²) in [5.74, 6) is -0.0867. The van der Waals surface area contributed by atoms with Crippen LogP contribution in [0.2, 0.25) is 5.02 Å². The van der Waals surface area contributed by atoms with E-state index in [2.05, 4.69) is 0 Å². The number of aliphatic hydroxyl groups is 1. The minimum absolute atomic E-state index is 0.0289. The summed E-state index contributed by atoms with van der Waals surface area (Å²) in [5, 5.41) is 10.5. The Bertz CT molecular complexity index is 666. The number of anilines is 1. The largest absolute Gasteiger partial charge is 0.397 e. The number of hydrogen-bond donors (Lipinski definition) is 2. The van der Waals surface area contributed by atoms with Crippen molar-refractivity contribution in [2.75, 3.05) is 18.9 Å². The number of thiophene rings is 1. The van der Waals surface area contributed by atoms with Gasteiger partial charge in [0, 0.05) is 27.7 Å². The van der Waals surface area contributed by atoms with Gasteiger partial charge in [0.05, 0.1) is 12.3 Å². The topological polar surface area (TPSA) is 66.6 Å². The van der Waals surface area contributed by atoms with Gasteiger partial charge in [-0.25, -0.2) is 0 Å². The molecule has 1 aliphatic rings. The van der Waals surface area contributed by atoms with Crippen LogP contribution in [0, 0.1) is 0 Å². The fraction of sp³-hybridized carbons (Fsp3) is 0.357. The van der Waals surface area contributed by atoms with Crippen LogP contribution in [0.1, 0.15) is 22.5 Å². The molecule has 0 bridgehead atoms. The van der Waals surface area contributed by atoms with Crippen molar-refractivity contribution in [3.05, 3.63) is 28.1 Å². The molecule has 1 aromatic heterocycles. The highest BCUT2D eigenvalue weighted by atomic mass is 35.5. The first-order chi connectivity index (χ1) is 9.61. The van der Waals surface area contributed by atoms with E-state index in [9.17, 15) is 4.79 Å². The third kappa shape index (κ3) is 2.37. The van der Waals surface area contributed by atoms with Gasteiger partial charge < -0.3 is 15.7 Å².